The van der Waals surface area contributed by atoms with Crippen LogP contribution in [0.3, 0.4) is 0 Å². The van der Waals surface area contributed by atoms with E-state index in [-0.39, 0.29) is 12.3 Å². The molecule has 2 aromatic heterocycles. The molecule has 156 valence electrons. The average Bonchev–Trinajstić information content (AvgIpc) is 3.18. The average molecular weight is 408 g/mol. The Bertz CT molecular complexity index is 1070. The quantitative estimate of drug-likeness (QED) is 0.380. The van der Waals surface area contributed by atoms with Gasteiger partial charge in [0.2, 0.25) is 0 Å². The summed E-state index contributed by atoms with van der Waals surface area (Å²) in [5, 5.41) is 8.73. The minimum atomic E-state index is -0.470. The predicted molar refractivity (Wildman–Crippen MR) is 114 cm³/mol. The number of rotatable bonds is 6. The normalized spacial score (nSPS) is 14.4. The number of anilines is 2. The Morgan fingerprint density at radius 3 is 2.90 bits per heavy atom. The van der Waals surface area contributed by atoms with Gasteiger partial charge in [-0.15, -0.1) is 0 Å². The van der Waals surface area contributed by atoms with Crippen LogP contribution in [-0.4, -0.2) is 59.7 Å². The Hall–Kier alpha value is -3.46. The van der Waals surface area contributed by atoms with Gasteiger partial charge in [0.15, 0.2) is 17.2 Å². The molecule has 4 rings (SSSR count). The van der Waals surface area contributed by atoms with Crippen molar-refractivity contribution in [3.05, 3.63) is 53.2 Å². The number of hydrazone groups is 1. The third-order valence-electron chi connectivity index (χ3n) is 4.66. The number of morpholine rings is 1. The van der Waals surface area contributed by atoms with Crippen molar-refractivity contribution in [2.75, 3.05) is 43.2 Å². The molecule has 3 heterocycles. The third kappa shape index (κ3) is 4.41. The summed E-state index contributed by atoms with van der Waals surface area (Å²) >= 11 is 0. The van der Waals surface area contributed by atoms with Crippen molar-refractivity contribution in [3.8, 4) is 0 Å². The fraction of sp³-hybridized carbons (Fsp3) is 0.333. The molecule has 9 nitrogen and oxygen atoms in total. The number of nitrogens with one attached hydrogen (secondary N) is 1. The summed E-state index contributed by atoms with van der Waals surface area (Å²) in [4.78, 5) is 18.8. The molecule has 1 N–H and O–H groups in total. The van der Waals surface area contributed by atoms with Crippen molar-refractivity contribution in [1.29, 1.82) is 0 Å². The van der Waals surface area contributed by atoms with Gasteiger partial charge < -0.3 is 14.4 Å². The number of hydrogen-bond donors (Lipinski definition) is 1. The Kier molecular flexibility index (Phi) is 5.89. The van der Waals surface area contributed by atoms with Crippen LogP contribution in [0, 0.1) is 6.92 Å². The number of aryl methyl sites for hydroxylation is 1. The molecule has 9 heteroatoms. The number of carbonyl (C=O) groups excluding carboxylic acids is 1. The number of nitrogens with zero attached hydrogens (tertiary/aromatic N) is 5. The second-order valence-electron chi connectivity index (χ2n) is 6.90. The summed E-state index contributed by atoms with van der Waals surface area (Å²) in [6, 6.07) is 11.5. The molecule has 3 aromatic rings. The van der Waals surface area contributed by atoms with Gasteiger partial charge in [0.1, 0.15) is 5.82 Å². The molecule has 0 bridgehead atoms. The highest BCUT2D eigenvalue weighted by Gasteiger charge is 2.20. The van der Waals surface area contributed by atoms with E-state index < -0.39 is 5.97 Å². The number of fused-ring (bicyclic) bond motifs is 1. The highest BCUT2D eigenvalue weighted by molar-refractivity contribution is 5.88. The zero-order chi connectivity index (χ0) is 20.9. The van der Waals surface area contributed by atoms with Crippen LogP contribution in [0.4, 0.5) is 11.6 Å². The van der Waals surface area contributed by atoms with Crippen LogP contribution < -0.4 is 10.3 Å². The van der Waals surface area contributed by atoms with Crippen LogP contribution in [0.5, 0.6) is 0 Å². The molecule has 0 radical (unpaired) electrons. The molecule has 0 atom stereocenters. The van der Waals surface area contributed by atoms with Crippen LogP contribution in [-0.2, 0) is 9.47 Å². The van der Waals surface area contributed by atoms with E-state index in [4.69, 9.17) is 9.47 Å². The Balaban J connectivity index is 1.66. The first-order chi connectivity index (χ1) is 14.6. The van der Waals surface area contributed by atoms with Crippen LogP contribution in [0.2, 0.25) is 0 Å². The van der Waals surface area contributed by atoms with Crippen LogP contribution in [0.25, 0.3) is 5.65 Å². The number of esters is 1. The highest BCUT2D eigenvalue weighted by Crippen LogP contribution is 2.22. The molecule has 0 spiro atoms. The summed E-state index contributed by atoms with van der Waals surface area (Å²) in [7, 11) is 0. The molecule has 1 aliphatic heterocycles. The minimum Gasteiger partial charge on any atom is -0.461 e. The largest absolute Gasteiger partial charge is 0.461 e. The molecule has 1 aliphatic rings. The lowest BCUT2D eigenvalue weighted by atomic mass is 10.2. The molecule has 0 saturated carbocycles. The van der Waals surface area contributed by atoms with Crippen molar-refractivity contribution < 1.29 is 14.3 Å². The van der Waals surface area contributed by atoms with Crippen molar-refractivity contribution in [2.24, 2.45) is 5.10 Å². The lowest BCUT2D eigenvalue weighted by molar-refractivity contribution is 0.0519. The molecule has 30 heavy (non-hydrogen) atoms. The summed E-state index contributed by atoms with van der Waals surface area (Å²) in [6.45, 7) is 6.79. The Morgan fingerprint density at radius 2 is 2.13 bits per heavy atom. The molecule has 1 fully saturated rings. The monoisotopic (exact) mass is 408 g/mol. The van der Waals surface area contributed by atoms with Crippen molar-refractivity contribution in [3.63, 3.8) is 0 Å². The van der Waals surface area contributed by atoms with Crippen LogP contribution >= 0.6 is 0 Å². The summed E-state index contributed by atoms with van der Waals surface area (Å²) in [5.41, 5.74) is 5.91. The molecular formula is C21H24N6O3. The minimum absolute atomic E-state index is 0.222. The number of carbonyl (C=O) groups is 1. The first-order valence-electron chi connectivity index (χ1n) is 9.90. The number of ether oxygens (including phenoxy) is 2. The highest BCUT2D eigenvalue weighted by atomic mass is 16.5. The van der Waals surface area contributed by atoms with E-state index in [2.05, 4.69) is 25.5 Å². The first kappa shape index (κ1) is 19.8. The van der Waals surface area contributed by atoms with Crippen LogP contribution in [0.1, 0.15) is 28.5 Å². The number of benzene rings is 1. The van der Waals surface area contributed by atoms with E-state index >= 15 is 0 Å². The van der Waals surface area contributed by atoms with Crippen molar-refractivity contribution in [2.45, 2.75) is 13.8 Å². The Labute approximate surface area is 174 Å². The van der Waals surface area contributed by atoms with E-state index in [1.807, 2.05) is 37.3 Å². The van der Waals surface area contributed by atoms with Gasteiger partial charge in [0, 0.05) is 25.2 Å². The van der Waals surface area contributed by atoms with Crippen LogP contribution in [0.15, 0.2) is 41.5 Å². The van der Waals surface area contributed by atoms with E-state index in [9.17, 15) is 4.79 Å². The van der Waals surface area contributed by atoms with Gasteiger partial charge in [0.05, 0.1) is 26.0 Å². The smallest absolute Gasteiger partial charge is 0.358 e. The SMILES string of the molecule is CCOC(=O)c1cc2nc(NN=Cc3cccc(C)c3)cc(N3CCOCC3)n2n1. The maximum Gasteiger partial charge on any atom is 0.358 e. The lowest BCUT2D eigenvalue weighted by Crippen LogP contribution is -2.37. The second kappa shape index (κ2) is 8.91. The number of aromatic nitrogens is 3. The third-order valence-corrected chi connectivity index (χ3v) is 4.66. The fourth-order valence-corrected chi connectivity index (χ4v) is 3.26. The van der Waals surface area contributed by atoms with E-state index in [0.717, 1.165) is 24.5 Å². The van der Waals surface area contributed by atoms with Gasteiger partial charge in [0.25, 0.3) is 0 Å². The zero-order valence-electron chi connectivity index (χ0n) is 17.0. The van der Waals surface area contributed by atoms with Crippen molar-refractivity contribution >= 4 is 29.5 Å². The van der Waals surface area contributed by atoms with E-state index in [0.29, 0.717) is 24.7 Å². The lowest BCUT2D eigenvalue weighted by Gasteiger charge is -2.29. The summed E-state index contributed by atoms with van der Waals surface area (Å²) in [6.07, 6.45) is 1.74. The maximum absolute atomic E-state index is 12.1. The second-order valence-corrected chi connectivity index (χ2v) is 6.90. The van der Waals surface area contributed by atoms with Gasteiger partial charge in [-0.25, -0.2) is 9.78 Å². The molecular weight excluding hydrogens is 384 g/mol. The van der Waals surface area contributed by atoms with Gasteiger partial charge in [-0.05, 0) is 19.4 Å². The summed E-state index contributed by atoms with van der Waals surface area (Å²) < 4.78 is 12.2. The number of hydrogen-bond acceptors (Lipinski definition) is 8. The molecule has 1 saturated heterocycles. The standard InChI is InChI=1S/C21H24N6O3/c1-3-30-21(28)17-12-19-23-18(24-22-14-16-6-4-5-15(2)11-16)13-20(27(19)25-17)26-7-9-29-10-8-26/h4-6,11-14H,3,7-10H2,1-2H3,(H,23,24). The summed E-state index contributed by atoms with van der Waals surface area (Å²) in [5.74, 6) is 0.901. The Morgan fingerprint density at radius 1 is 1.30 bits per heavy atom. The molecule has 0 amide bonds. The van der Waals surface area contributed by atoms with Crippen molar-refractivity contribution in [1.82, 2.24) is 14.6 Å². The van der Waals surface area contributed by atoms with Gasteiger partial charge >= 0.3 is 5.97 Å². The maximum atomic E-state index is 12.1. The molecule has 0 aliphatic carbocycles. The van der Waals surface area contributed by atoms with Gasteiger partial charge in [-0.2, -0.15) is 14.7 Å². The fourth-order valence-electron chi connectivity index (χ4n) is 3.26. The van der Waals surface area contributed by atoms with E-state index in [1.165, 1.54) is 5.56 Å². The van der Waals surface area contributed by atoms with Gasteiger partial charge in [-0.1, -0.05) is 29.8 Å². The van der Waals surface area contributed by atoms with E-state index in [1.54, 1.807) is 23.7 Å². The first-order valence-corrected chi connectivity index (χ1v) is 9.90. The topological polar surface area (TPSA) is 93.3 Å². The predicted octanol–water partition coefficient (Wildman–Crippen LogP) is 2.50. The zero-order valence-corrected chi connectivity index (χ0v) is 17.0. The molecule has 1 aromatic carbocycles. The van der Waals surface area contributed by atoms with Gasteiger partial charge in [-0.3, -0.25) is 5.43 Å². The molecule has 0 unspecified atom stereocenters.